The molecule has 0 heterocycles. The summed E-state index contributed by atoms with van der Waals surface area (Å²) >= 11 is 0. The first-order valence-corrected chi connectivity index (χ1v) is 5.11. The van der Waals surface area contributed by atoms with Gasteiger partial charge in [0.05, 0.1) is 0 Å². The van der Waals surface area contributed by atoms with Gasteiger partial charge in [-0.3, -0.25) is 9.53 Å². The van der Waals surface area contributed by atoms with Crippen LogP contribution in [0, 0.1) is 0 Å². The second kappa shape index (κ2) is 6.13. The van der Waals surface area contributed by atoms with Crippen LogP contribution in [0.25, 0.3) is 0 Å². The second-order valence-electron chi connectivity index (χ2n) is 3.78. The van der Waals surface area contributed by atoms with E-state index < -0.39 is 42.7 Å². The van der Waals surface area contributed by atoms with E-state index in [4.69, 9.17) is 0 Å². The largest absolute Gasteiger partial charge is 0.462 e. The van der Waals surface area contributed by atoms with Gasteiger partial charge in [-0.2, -0.15) is 48.3 Å². The van der Waals surface area contributed by atoms with E-state index in [1.54, 1.807) is 0 Å². The first-order chi connectivity index (χ1) is 9.94. The Morgan fingerprint density at radius 2 is 1.35 bits per heavy atom. The zero-order chi connectivity index (χ0) is 18.9. The molecule has 0 saturated carbocycles. The van der Waals surface area contributed by atoms with Gasteiger partial charge in [0, 0.05) is 6.54 Å². The Morgan fingerprint density at radius 3 is 1.65 bits per heavy atom. The van der Waals surface area contributed by atoms with E-state index in [9.17, 15) is 53.1 Å². The molecule has 0 spiro atoms. The number of hydrogen-bond donors (Lipinski definition) is 1. The normalized spacial score (nSPS) is 16.7. The van der Waals surface area contributed by atoms with Gasteiger partial charge >= 0.3 is 30.2 Å². The van der Waals surface area contributed by atoms with Crippen LogP contribution in [-0.2, 0) is 9.53 Å². The summed E-state index contributed by atoms with van der Waals surface area (Å²) < 4.78 is 138. The van der Waals surface area contributed by atoms with E-state index in [0.717, 1.165) is 5.32 Å². The Labute approximate surface area is 120 Å². The summed E-state index contributed by atoms with van der Waals surface area (Å²) in [5.41, 5.74) is 0. The van der Waals surface area contributed by atoms with Gasteiger partial charge in [0.15, 0.2) is 0 Å². The van der Waals surface area contributed by atoms with Crippen molar-refractivity contribution in [2.75, 3.05) is 6.54 Å². The second-order valence-corrected chi connectivity index (χ2v) is 3.78. The monoisotopic (exact) mass is 369 g/mol. The van der Waals surface area contributed by atoms with Crippen molar-refractivity contribution in [2.24, 2.45) is 0 Å². The molecule has 1 unspecified atom stereocenters. The highest BCUT2D eigenvalue weighted by molar-refractivity contribution is 5.84. The molecule has 0 aromatic carbocycles. The summed E-state index contributed by atoms with van der Waals surface area (Å²) in [5.74, 6) is -16.4. The highest BCUT2D eigenvalue weighted by Gasteiger charge is 2.79. The molecule has 0 aliphatic carbocycles. The molecule has 0 rings (SSSR count). The third-order valence-electron chi connectivity index (χ3n) is 2.05. The molecular weight excluding hydrogens is 363 g/mol. The first-order valence-electron chi connectivity index (χ1n) is 5.11. The number of carbonyl (C=O) groups excluding carboxylic acids is 1. The molecule has 1 atom stereocenters. The van der Waals surface area contributed by atoms with Crippen LogP contribution in [0.15, 0.2) is 12.7 Å². The molecule has 0 aliphatic heterocycles. The number of amides is 1. The van der Waals surface area contributed by atoms with Crippen molar-refractivity contribution in [3.8, 4) is 0 Å². The van der Waals surface area contributed by atoms with Gasteiger partial charge in [0.2, 0.25) is 0 Å². The molecule has 136 valence electrons. The fourth-order valence-electron chi connectivity index (χ4n) is 0.917. The number of rotatable bonds is 6. The van der Waals surface area contributed by atoms with Crippen molar-refractivity contribution >= 4 is 5.91 Å². The molecule has 0 fully saturated rings. The summed E-state index contributed by atoms with van der Waals surface area (Å²) in [6.07, 6.45) is -20.2. The van der Waals surface area contributed by atoms with E-state index in [2.05, 4.69) is 6.58 Å². The van der Waals surface area contributed by atoms with E-state index in [0.29, 0.717) is 6.08 Å². The number of nitrogens with one attached hydrogen (secondary N) is 1. The fraction of sp³-hybridized carbons (Fsp3) is 0.667. The van der Waals surface area contributed by atoms with Crippen LogP contribution >= 0.6 is 0 Å². The lowest BCUT2D eigenvalue weighted by Crippen LogP contribution is -2.63. The van der Waals surface area contributed by atoms with Crippen LogP contribution < -0.4 is 5.32 Å². The zero-order valence-corrected chi connectivity index (χ0v) is 10.5. The molecule has 23 heavy (non-hydrogen) atoms. The quantitative estimate of drug-likeness (QED) is 0.576. The first kappa shape index (κ1) is 21.4. The summed E-state index contributed by atoms with van der Waals surface area (Å²) in [7, 11) is 0. The van der Waals surface area contributed by atoms with Crippen molar-refractivity contribution in [3.63, 3.8) is 0 Å². The van der Waals surface area contributed by atoms with Crippen molar-refractivity contribution in [1.29, 1.82) is 0 Å². The molecule has 0 aliphatic rings. The minimum Gasteiger partial charge on any atom is -0.347 e. The van der Waals surface area contributed by atoms with Gasteiger partial charge < -0.3 is 5.32 Å². The molecule has 0 saturated heterocycles. The predicted molar refractivity (Wildman–Crippen MR) is 50.1 cm³/mol. The molecule has 1 N–H and O–H groups in total. The van der Waals surface area contributed by atoms with Crippen molar-refractivity contribution < 1.29 is 57.8 Å². The molecule has 0 aromatic rings. The van der Waals surface area contributed by atoms with E-state index in [1.807, 2.05) is 4.74 Å². The van der Waals surface area contributed by atoms with Crippen molar-refractivity contribution in [3.05, 3.63) is 12.7 Å². The lowest BCUT2D eigenvalue weighted by molar-refractivity contribution is -0.472. The summed E-state index contributed by atoms with van der Waals surface area (Å²) in [4.78, 5) is 10.9. The number of halogens is 11. The predicted octanol–water partition coefficient (Wildman–Crippen LogP) is 3.32. The van der Waals surface area contributed by atoms with Gasteiger partial charge in [-0.15, -0.1) is 6.58 Å². The Kier molecular flexibility index (Phi) is 5.70. The number of hydrogen-bond acceptors (Lipinski definition) is 2. The van der Waals surface area contributed by atoms with Crippen LogP contribution in [0.4, 0.5) is 48.3 Å². The smallest absolute Gasteiger partial charge is 0.347 e. The molecular formula is C9H6F11NO2. The third-order valence-corrected chi connectivity index (χ3v) is 2.05. The van der Waals surface area contributed by atoms with Gasteiger partial charge in [0.25, 0.3) is 5.91 Å². The standard InChI is InChI=1S/C9H6F11NO2/c1-2-3-21-4(22)5(10,7(13,14)15)23-9(19,20)6(11,12)8(16,17)18/h2H,1,3H2,(H,21,22). The van der Waals surface area contributed by atoms with Crippen LogP contribution in [0.1, 0.15) is 0 Å². The van der Waals surface area contributed by atoms with E-state index >= 15 is 0 Å². The molecule has 0 radical (unpaired) electrons. The maximum absolute atomic E-state index is 13.5. The Balaban J connectivity index is 5.82. The van der Waals surface area contributed by atoms with Gasteiger partial charge in [-0.25, -0.2) is 0 Å². The van der Waals surface area contributed by atoms with E-state index in [-0.39, 0.29) is 0 Å². The lowest BCUT2D eigenvalue weighted by atomic mass is 10.2. The van der Waals surface area contributed by atoms with Crippen LogP contribution in [0.2, 0.25) is 0 Å². The molecule has 0 aromatic heterocycles. The maximum Gasteiger partial charge on any atom is 0.462 e. The zero-order valence-electron chi connectivity index (χ0n) is 10.5. The van der Waals surface area contributed by atoms with Crippen LogP contribution in [0.5, 0.6) is 0 Å². The fourth-order valence-corrected chi connectivity index (χ4v) is 0.917. The molecule has 0 bridgehead atoms. The lowest BCUT2D eigenvalue weighted by Gasteiger charge is -2.34. The molecule has 1 amide bonds. The number of alkyl halides is 11. The molecule has 3 nitrogen and oxygen atoms in total. The minimum atomic E-state index is -7.21. The van der Waals surface area contributed by atoms with Crippen LogP contribution in [0.3, 0.4) is 0 Å². The summed E-state index contributed by atoms with van der Waals surface area (Å²) in [6, 6.07) is 0. The van der Waals surface area contributed by atoms with Gasteiger partial charge in [-0.1, -0.05) is 6.08 Å². The number of carbonyl (C=O) groups is 1. The van der Waals surface area contributed by atoms with Crippen LogP contribution in [-0.4, -0.2) is 42.7 Å². The highest BCUT2D eigenvalue weighted by atomic mass is 19.4. The minimum absolute atomic E-state index is 0.636. The molecule has 14 heteroatoms. The van der Waals surface area contributed by atoms with Gasteiger partial charge in [0.1, 0.15) is 0 Å². The Morgan fingerprint density at radius 1 is 0.913 bits per heavy atom. The maximum atomic E-state index is 13.5. The summed E-state index contributed by atoms with van der Waals surface area (Å²) in [6.45, 7) is 1.89. The van der Waals surface area contributed by atoms with E-state index in [1.165, 1.54) is 0 Å². The van der Waals surface area contributed by atoms with Gasteiger partial charge in [-0.05, 0) is 0 Å². The Bertz CT molecular complexity index is 455. The average Bonchev–Trinajstić information content (AvgIpc) is 2.32. The average molecular weight is 369 g/mol. The third kappa shape index (κ3) is 4.03. The number of ether oxygens (including phenoxy) is 1. The Hall–Kier alpha value is -1.60. The SMILES string of the molecule is C=CCNC(=O)C(F)(OC(F)(F)C(F)(F)C(F)(F)F)C(F)(F)F. The summed E-state index contributed by atoms with van der Waals surface area (Å²) in [5, 5.41) is 0.956. The van der Waals surface area contributed by atoms with Crippen molar-refractivity contribution in [2.45, 2.75) is 30.2 Å². The van der Waals surface area contributed by atoms with Crippen molar-refractivity contribution in [1.82, 2.24) is 5.32 Å². The topological polar surface area (TPSA) is 38.3 Å². The highest BCUT2D eigenvalue weighted by Crippen LogP contribution is 2.50.